The van der Waals surface area contributed by atoms with Crippen LogP contribution in [0.25, 0.3) is 0 Å². The van der Waals surface area contributed by atoms with Gasteiger partial charge in [-0.15, -0.1) is 0 Å². The summed E-state index contributed by atoms with van der Waals surface area (Å²) in [6, 6.07) is 4.82. The van der Waals surface area contributed by atoms with Gasteiger partial charge in [0.05, 0.1) is 0 Å². The minimum Gasteiger partial charge on any atom is -0.481 e. The largest absolute Gasteiger partial charge is 0.481 e. The van der Waals surface area contributed by atoms with Crippen molar-refractivity contribution in [1.29, 1.82) is 0 Å². The fourth-order valence-corrected chi connectivity index (χ4v) is 1.47. The molecule has 0 amide bonds. The first-order valence-corrected chi connectivity index (χ1v) is 5.41. The predicted molar refractivity (Wildman–Crippen MR) is 61.5 cm³/mol. The molecule has 0 fully saturated rings. The van der Waals surface area contributed by atoms with Gasteiger partial charge in [-0.25, -0.2) is 4.39 Å². The summed E-state index contributed by atoms with van der Waals surface area (Å²) in [6.45, 7) is 0.175. The monoisotopic (exact) mass is 255 g/mol. The maximum absolute atomic E-state index is 12.9. The summed E-state index contributed by atoms with van der Waals surface area (Å²) in [5, 5.41) is 20.1. The van der Waals surface area contributed by atoms with Crippen molar-refractivity contribution in [2.24, 2.45) is 0 Å². The number of carbonyl (C=O) groups is 2. The first-order valence-electron chi connectivity index (χ1n) is 5.41. The highest BCUT2D eigenvalue weighted by Crippen LogP contribution is 2.05. The highest BCUT2D eigenvalue weighted by atomic mass is 19.1. The fraction of sp³-hybridized carbons (Fsp3) is 0.333. The summed E-state index contributed by atoms with van der Waals surface area (Å²) in [5.41, 5.74) is 0.608. The van der Waals surface area contributed by atoms with E-state index in [1.807, 2.05) is 0 Å². The minimum atomic E-state index is -1.12. The zero-order chi connectivity index (χ0) is 13.5. The second-order valence-corrected chi connectivity index (χ2v) is 3.83. The van der Waals surface area contributed by atoms with E-state index in [4.69, 9.17) is 10.2 Å². The van der Waals surface area contributed by atoms with Crippen LogP contribution in [0.4, 0.5) is 4.39 Å². The van der Waals surface area contributed by atoms with Crippen molar-refractivity contribution in [2.75, 3.05) is 0 Å². The molecule has 5 nitrogen and oxygen atoms in total. The summed E-state index contributed by atoms with van der Waals surface area (Å²) in [6.07, 6.45) is -0.243. The molecule has 0 aliphatic rings. The van der Waals surface area contributed by atoms with Crippen LogP contribution >= 0.6 is 0 Å². The van der Waals surface area contributed by atoms with Gasteiger partial charge < -0.3 is 15.5 Å². The summed E-state index contributed by atoms with van der Waals surface area (Å²) in [5.74, 6) is -2.56. The van der Waals surface area contributed by atoms with E-state index in [2.05, 4.69) is 5.32 Å². The molecule has 0 radical (unpaired) electrons. The molecule has 0 unspecified atom stereocenters. The van der Waals surface area contributed by atoms with E-state index in [9.17, 15) is 14.0 Å². The summed E-state index contributed by atoms with van der Waals surface area (Å²) >= 11 is 0. The van der Waals surface area contributed by atoms with Crippen molar-refractivity contribution >= 4 is 11.9 Å². The van der Waals surface area contributed by atoms with E-state index >= 15 is 0 Å². The minimum absolute atomic E-state index is 0.0139. The molecule has 0 aliphatic carbocycles. The third-order valence-electron chi connectivity index (χ3n) is 2.39. The molecule has 0 heterocycles. The van der Waals surface area contributed by atoms with Crippen LogP contribution in [0.2, 0.25) is 0 Å². The van der Waals surface area contributed by atoms with E-state index in [1.165, 1.54) is 18.2 Å². The highest BCUT2D eigenvalue weighted by molar-refractivity contribution is 5.75. The molecular weight excluding hydrogens is 241 g/mol. The van der Waals surface area contributed by atoms with Crippen LogP contribution in [-0.2, 0) is 16.1 Å². The Hall–Kier alpha value is -1.95. The Morgan fingerprint density at radius 2 is 2.06 bits per heavy atom. The number of carboxylic acid groups (broad SMARTS) is 2. The van der Waals surface area contributed by atoms with Crippen molar-refractivity contribution < 1.29 is 24.2 Å². The summed E-state index contributed by atoms with van der Waals surface area (Å²) in [4.78, 5) is 21.2. The molecule has 6 heteroatoms. The predicted octanol–water partition coefficient (Wildman–Crippen LogP) is 1.23. The van der Waals surface area contributed by atoms with E-state index < -0.39 is 23.8 Å². The molecule has 0 saturated carbocycles. The lowest BCUT2D eigenvalue weighted by atomic mass is 10.1. The van der Waals surface area contributed by atoms with Crippen molar-refractivity contribution in [3.05, 3.63) is 35.6 Å². The van der Waals surface area contributed by atoms with Gasteiger partial charge in [0.25, 0.3) is 0 Å². The Kier molecular flexibility index (Phi) is 5.26. The first kappa shape index (κ1) is 14.1. The first-order chi connectivity index (χ1) is 8.49. The van der Waals surface area contributed by atoms with E-state index in [0.29, 0.717) is 5.56 Å². The second-order valence-electron chi connectivity index (χ2n) is 3.83. The number of hydrogen-bond acceptors (Lipinski definition) is 3. The SMILES string of the molecule is O=C(O)CC[C@H](NCc1cccc(F)c1)C(=O)O. The molecule has 3 N–H and O–H groups in total. The summed E-state index contributed by atoms with van der Waals surface area (Å²) in [7, 11) is 0. The van der Waals surface area contributed by atoms with Crippen LogP contribution in [0.3, 0.4) is 0 Å². The van der Waals surface area contributed by atoms with Gasteiger partial charge in [0.1, 0.15) is 11.9 Å². The van der Waals surface area contributed by atoms with Gasteiger partial charge in [-0.2, -0.15) is 0 Å². The van der Waals surface area contributed by atoms with E-state index in [-0.39, 0.29) is 19.4 Å². The number of halogens is 1. The Morgan fingerprint density at radius 1 is 1.33 bits per heavy atom. The molecule has 0 spiro atoms. The number of benzene rings is 1. The molecule has 1 aromatic rings. The normalized spacial score (nSPS) is 12.1. The van der Waals surface area contributed by atoms with Crippen LogP contribution < -0.4 is 5.32 Å². The van der Waals surface area contributed by atoms with E-state index in [0.717, 1.165) is 0 Å². The van der Waals surface area contributed by atoms with Gasteiger partial charge in [0, 0.05) is 13.0 Å². The Labute approximate surface area is 103 Å². The van der Waals surface area contributed by atoms with Crippen LogP contribution in [0, 0.1) is 5.82 Å². The van der Waals surface area contributed by atoms with Gasteiger partial charge >= 0.3 is 11.9 Å². The Morgan fingerprint density at radius 3 is 2.61 bits per heavy atom. The molecular formula is C12H14FNO4. The Balaban J connectivity index is 2.51. The number of nitrogens with one attached hydrogen (secondary N) is 1. The fourth-order valence-electron chi connectivity index (χ4n) is 1.47. The third-order valence-corrected chi connectivity index (χ3v) is 2.39. The van der Waals surface area contributed by atoms with Crippen molar-refractivity contribution in [3.63, 3.8) is 0 Å². The van der Waals surface area contributed by atoms with Crippen molar-refractivity contribution in [2.45, 2.75) is 25.4 Å². The number of carboxylic acids is 2. The van der Waals surface area contributed by atoms with Gasteiger partial charge in [0.15, 0.2) is 0 Å². The molecule has 1 rings (SSSR count). The average molecular weight is 255 g/mol. The van der Waals surface area contributed by atoms with Gasteiger partial charge in [-0.3, -0.25) is 9.59 Å². The van der Waals surface area contributed by atoms with Gasteiger partial charge in [0.2, 0.25) is 0 Å². The number of rotatable bonds is 7. The van der Waals surface area contributed by atoms with Crippen LogP contribution in [0.15, 0.2) is 24.3 Å². The topological polar surface area (TPSA) is 86.6 Å². The maximum atomic E-state index is 12.9. The molecule has 98 valence electrons. The summed E-state index contributed by atoms with van der Waals surface area (Å²) < 4.78 is 12.9. The van der Waals surface area contributed by atoms with E-state index in [1.54, 1.807) is 6.07 Å². The number of aliphatic carboxylic acids is 2. The lowest BCUT2D eigenvalue weighted by molar-refractivity contribution is -0.140. The molecule has 18 heavy (non-hydrogen) atoms. The van der Waals surface area contributed by atoms with Crippen LogP contribution in [-0.4, -0.2) is 28.2 Å². The molecule has 1 aromatic carbocycles. The smallest absolute Gasteiger partial charge is 0.320 e. The van der Waals surface area contributed by atoms with Crippen molar-refractivity contribution in [3.8, 4) is 0 Å². The lowest BCUT2D eigenvalue weighted by Crippen LogP contribution is -2.36. The maximum Gasteiger partial charge on any atom is 0.320 e. The molecule has 0 saturated heterocycles. The standard InChI is InChI=1S/C12H14FNO4/c13-9-3-1-2-8(6-9)7-14-10(12(17)18)4-5-11(15)16/h1-3,6,10,14H,4-5,7H2,(H,15,16)(H,17,18)/t10-/m0/s1. The Bertz CT molecular complexity index is 436. The molecule has 0 aliphatic heterocycles. The van der Waals surface area contributed by atoms with Crippen LogP contribution in [0.5, 0.6) is 0 Å². The van der Waals surface area contributed by atoms with Gasteiger partial charge in [-0.05, 0) is 24.1 Å². The van der Waals surface area contributed by atoms with Gasteiger partial charge in [-0.1, -0.05) is 12.1 Å². The highest BCUT2D eigenvalue weighted by Gasteiger charge is 2.17. The third kappa shape index (κ3) is 4.92. The average Bonchev–Trinajstić information content (AvgIpc) is 2.28. The van der Waals surface area contributed by atoms with Crippen LogP contribution in [0.1, 0.15) is 18.4 Å². The van der Waals surface area contributed by atoms with Crippen molar-refractivity contribution in [1.82, 2.24) is 5.32 Å². The quantitative estimate of drug-likeness (QED) is 0.682. The molecule has 0 aromatic heterocycles. The lowest BCUT2D eigenvalue weighted by Gasteiger charge is -2.13. The zero-order valence-corrected chi connectivity index (χ0v) is 9.60. The number of hydrogen-bond donors (Lipinski definition) is 3. The zero-order valence-electron chi connectivity index (χ0n) is 9.60. The molecule has 1 atom stereocenters. The second kappa shape index (κ2) is 6.70. The molecule has 0 bridgehead atoms.